The Bertz CT molecular complexity index is 2820. The van der Waals surface area contributed by atoms with Crippen LogP contribution in [0.5, 0.6) is 0 Å². The Morgan fingerprint density at radius 3 is 1.10 bits per heavy atom. The number of fused-ring (bicyclic) bond motifs is 6. The fourth-order valence-electron chi connectivity index (χ4n) is 7.81. The minimum atomic E-state index is 1.15. The Kier molecular flexibility index (Phi) is 6.53. The normalized spacial score (nSPS) is 11.6. The molecular weight excluding hydrogens is 605 g/mol. The molecule has 0 aliphatic rings. The molecule has 0 unspecified atom stereocenters. The second-order valence-corrected chi connectivity index (χ2v) is 13.0. The molecule has 0 aliphatic heterocycles. The van der Waals surface area contributed by atoms with Gasteiger partial charge >= 0.3 is 0 Å². The predicted octanol–water partition coefficient (Wildman–Crippen LogP) is 12.9. The molecule has 10 aromatic rings. The van der Waals surface area contributed by atoms with Crippen molar-refractivity contribution in [2.45, 2.75) is 0 Å². The van der Waals surface area contributed by atoms with Crippen molar-refractivity contribution in [2.75, 3.05) is 0 Å². The Hall–Kier alpha value is -6.64. The summed E-state index contributed by atoms with van der Waals surface area (Å²) in [5, 5.41) is 5.00. The minimum Gasteiger partial charge on any atom is -0.309 e. The van der Waals surface area contributed by atoms with Crippen molar-refractivity contribution in [1.82, 2.24) is 9.13 Å². The average molecular weight is 637 g/mol. The zero-order valence-electron chi connectivity index (χ0n) is 27.4. The first kappa shape index (κ1) is 28.4. The second-order valence-electron chi connectivity index (χ2n) is 13.0. The van der Waals surface area contributed by atoms with Gasteiger partial charge in [-0.3, -0.25) is 0 Å². The first-order valence-electron chi connectivity index (χ1n) is 17.2. The van der Waals surface area contributed by atoms with Crippen LogP contribution in [0.15, 0.2) is 194 Å². The van der Waals surface area contributed by atoms with E-state index in [0.717, 1.165) is 11.4 Å². The molecule has 2 heterocycles. The molecule has 0 saturated heterocycles. The van der Waals surface area contributed by atoms with Crippen molar-refractivity contribution in [3.05, 3.63) is 194 Å². The molecule has 234 valence electrons. The fourth-order valence-corrected chi connectivity index (χ4v) is 7.81. The molecule has 50 heavy (non-hydrogen) atoms. The largest absolute Gasteiger partial charge is 0.309 e. The standard InChI is InChI=1S/C48H32N2/c1-3-13-33(14-4-1)34-23-27-37(28-24-34)49-45-21-11-9-19-41(45)43-32-48-44(31-47(43)49)42-20-10-12-22-46(42)50(48)38-29-25-36(26-30-38)40-18-8-7-17-39(40)35-15-5-2-6-16-35/h1-32H. The van der Waals surface area contributed by atoms with Crippen LogP contribution in [0.4, 0.5) is 0 Å². The summed E-state index contributed by atoms with van der Waals surface area (Å²) >= 11 is 0. The molecule has 2 aromatic heterocycles. The van der Waals surface area contributed by atoms with E-state index in [2.05, 4.69) is 203 Å². The maximum atomic E-state index is 2.43. The SMILES string of the molecule is c1ccc(-c2ccc(-n3c4ccccc4c4cc5c(cc43)c3ccccc3n5-c3ccc(-c4ccccc4-c4ccccc4)cc3)cc2)cc1. The van der Waals surface area contributed by atoms with E-state index in [-0.39, 0.29) is 0 Å². The summed E-state index contributed by atoms with van der Waals surface area (Å²) in [6.07, 6.45) is 0. The highest BCUT2D eigenvalue weighted by atomic mass is 15.0. The van der Waals surface area contributed by atoms with Crippen LogP contribution in [-0.2, 0) is 0 Å². The zero-order chi connectivity index (χ0) is 33.0. The number of aromatic nitrogens is 2. The van der Waals surface area contributed by atoms with E-state index in [0.29, 0.717) is 0 Å². The van der Waals surface area contributed by atoms with Crippen LogP contribution in [0.1, 0.15) is 0 Å². The molecule has 0 bridgehead atoms. The average Bonchev–Trinajstić information content (AvgIpc) is 3.70. The van der Waals surface area contributed by atoms with Crippen LogP contribution < -0.4 is 0 Å². The lowest BCUT2D eigenvalue weighted by Crippen LogP contribution is -1.95. The number of benzene rings is 8. The van der Waals surface area contributed by atoms with Crippen molar-refractivity contribution in [2.24, 2.45) is 0 Å². The minimum absolute atomic E-state index is 1.15. The number of nitrogens with zero attached hydrogens (tertiary/aromatic N) is 2. The van der Waals surface area contributed by atoms with E-state index in [4.69, 9.17) is 0 Å². The van der Waals surface area contributed by atoms with Crippen LogP contribution in [0.3, 0.4) is 0 Å². The molecule has 10 rings (SSSR count). The molecule has 0 atom stereocenters. The van der Waals surface area contributed by atoms with Crippen molar-refractivity contribution in [3.8, 4) is 44.8 Å². The van der Waals surface area contributed by atoms with Crippen molar-refractivity contribution in [3.63, 3.8) is 0 Å². The van der Waals surface area contributed by atoms with Gasteiger partial charge in [-0.15, -0.1) is 0 Å². The lowest BCUT2D eigenvalue weighted by Gasteiger charge is -2.13. The lowest BCUT2D eigenvalue weighted by atomic mass is 9.94. The third-order valence-electron chi connectivity index (χ3n) is 10.1. The van der Waals surface area contributed by atoms with Gasteiger partial charge in [-0.25, -0.2) is 0 Å². The van der Waals surface area contributed by atoms with Crippen LogP contribution in [0.25, 0.3) is 88.4 Å². The summed E-state index contributed by atoms with van der Waals surface area (Å²) in [6.45, 7) is 0. The van der Waals surface area contributed by atoms with E-state index >= 15 is 0 Å². The van der Waals surface area contributed by atoms with Gasteiger partial charge < -0.3 is 9.13 Å². The van der Waals surface area contributed by atoms with Crippen LogP contribution >= 0.6 is 0 Å². The molecule has 0 fully saturated rings. The van der Waals surface area contributed by atoms with E-state index in [9.17, 15) is 0 Å². The quantitative estimate of drug-likeness (QED) is 0.178. The van der Waals surface area contributed by atoms with Crippen LogP contribution in [0.2, 0.25) is 0 Å². The molecular formula is C48H32N2. The van der Waals surface area contributed by atoms with E-state index in [1.807, 2.05) is 0 Å². The number of rotatable bonds is 5. The smallest absolute Gasteiger partial charge is 0.0548 e. The van der Waals surface area contributed by atoms with E-state index < -0.39 is 0 Å². The Labute approximate surface area is 290 Å². The molecule has 2 nitrogen and oxygen atoms in total. The first-order chi connectivity index (χ1) is 24.8. The van der Waals surface area contributed by atoms with E-state index in [1.54, 1.807) is 0 Å². The predicted molar refractivity (Wildman–Crippen MR) is 211 cm³/mol. The fraction of sp³-hybridized carbons (Fsp3) is 0. The van der Waals surface area contributed by atoms with Gasteiger partial charge in [0.15, 0.2) is 0 Å². The summed E-state index contributed by atoms with van der Waals surface area (Å²) in [7, 11) is 0. The van der Waals surface area contributed by atoms with Crippen molar-refractivity contribution in [1.29, 1.82) is 0 Å². The molecule has 0 saturated carbocycles. The maximum Gasteiger partial charge on any atom is 0.0548 e. The third-order valence-corrected chi connectivity index (χ3v) is 10.1. The first-order valence-corrected chi connectivity index (χ1v) is 17.2. The molecule has 0 N–H and O–H groups in total. The summed E-state index contributed by atoms with van der Waals surface area (Å²) < 4.78 is 4.85. The summed E-state index contributed by atoms with van der Waals surface area (Å²) in [6, 6.07) is 70.3. The number of para-hydroxylation sites is 2. The Morgan fingerprint density at radius 2 is 0.600 bits per heavy atom. The Balaban J connectivity index is 1.15. The molecule has 0 amide bonds. The van der Waals surface area contributed by atoms with Crippen LogP contribution in [-0.4, -0.2) is 9.13 Å². The van der Waals surface area contributed by atoms with Gasteiger partial charge in [0.1, 0.15) is 0 Å². The maximum absolute atomic E-state index is 2.43. The molecule has 8 aromatic carbocycles. The van der Waals surface area contributed by atoms with Gasteiger partial charge in [0, 0.05) is 32.9 Å². The van der Waals surface area contributed by atoms with Crippen molar-refractivity contribution < 1.29 is 0 Å². The summed E-state index contributed by atoms with van der Waals surface area (Å²) in [5.74, 6) is 0. The van der Waals surface area contributed by atoms with Gasteiger partial charge in [0.25, 0.3) is 0 Å². The van der Waals surface area contributed by atoms with Crippen molar-refractivity contribution >= 4 is 43.6 Å². The Morgan fingerprint density at radius 1 is 0.240 bits per heavy atom. The highest BCUT2D eigenvalue weighted by molar-refractivity contribution is 6.19. The topological polar surface area (TPSA) is 9.86 Å². The molecule has 0 spiro atoms. The third kappa shape index (κ3) is 4.50. The highest BCUT2D eigenvalue weighted by Crippen LogP contribution is 2.40. The second kappa shape index (κ2) is 11.5. The number of hydrogen-bond donors (Lipinski definition) is 0. The van der Waals surface area contributed by atoms with E-state index in [1.165, 1.54) is 77.0 Å². The lowest BCUT2D eigenvalue weighted by molar-refractivity contribution is 1.17. The van der Waals surface area contributed by atoms with Gasteiger partial charge in [-0.2, -0.15) is 0 Å². The van der Waals surface area contributed by atoms with Gasteiger partial charge in [0.05, 0.1) is 22.1 Å². The highest BCUT2D eigenvalue weighted by Gasteiger charge is 2.18. The summed E-state index contributed by atoms with van der Waals surface area (Å²) in [5.41, 5.74) is 14.5. The van der Waals surface area contributed by atoms with Gasteiger partial charge in [-0.05, 0) is 81.9 Å². The number of hydrogen-bond acceptors (Lipinski definition) is 0. The molecule has 0 aliphatic carbocycles. The molecule has 0 radical (unpaired) electrons. The van der Waals surface area contributed by atoms with Gasteiger partial charge in [-0.1, -0.05) is 146 Å². The molecule has 2 heteroatoms. The summed E-state index contributed by atoms with van der Waals surface area (Å²) in [4.78, 5) is 0. The monoisotopic (exact) mass is 636 g/mol. The zero-order valence-corrected chi connectivity index (χ0v) is 27.4. The van der Waals surface area contributed by atoms with Gasteiger partial charge in [0.2, 0.25) is 0 Å². The van der Waals surface area contributed by atoms with Crippen LogP contribution in [0, 0.1) is 0 Å².